The van der Waals surface area contributed by atoms with Crippen LogP contribution in [0.5, 0.6) is 0 Å². The molecule has 0 radical (unpaired) electrons. The van der Waals surface area contributed by atoms with E-state index in [-0.39, 0.29) is 17.6 Å². The number of methoxy groups -OCH3 is 1. The SMILES string of the molecule is COC(=O)c1nn(C2CCCCO2)cc1NC(=O)c1c(F)cccc1F. The molecule has 1 amide bonds. The van der Waals surface area contributed by atoms with E-state index in [2.05, 4.69) is 15.2 Å². The van der Waals surface area contributed by atoms with Crippen molar-refractivity contribution in [2.75, 3.05) is 19.0 Å². The van der Waals surface area contributed by atoms with Crippen LogP contribution >= 0.6 is 0 Å². The summed E-state index contributed by atoms with van der Waals surface area (Å²) in [7, 11) is 1.17. The van der Waals surface area contributed by atoms with E-state index in [9.17, 15) is 18.4 Å². The van der Waals surface area contributed by atoms with Gasteiger partial charge in [0.15, 0.2) is 5.69 Å². The fourth-order valence-electron chi connectivity index (χ4n) is 2.71. The number of nitrogens with zero attached hydrogens (tertiary/aromatic N) is 2. The van der Waals surface area contributed by atoms with Gasteiger partial charge in [0.05, 0.1) is 19.0 Å². The average molecular weight is 365 g/mol. The normalized spacial score (nSPS) is 17.0. The lowest BCUT2D eigenvalue weighted by molar-refractivity contribution is -0.0396. The van der Waals surface area contributed by atoms with E-state index in [0.717, 1.165) is 31.0 Å². The first kappa shape index (κ1) is 18.0. The number of halogens is 2. The number of hydrogen-bond acceptors (Lipinski definition) is 5. The Kier molecular flexibility index (Phi) is 5.27. The lowest BCUT2D eigenvalue weighted by atomic mass is 10.2. The smallest absolute Gasteiger partial charge is 0.360 e. The first-order valence-corrected chi connectivity index (χ1v) is 8.05. The number of amides is 1. The Balaban J connectivity index is 1.91. The Morgan fingerprint density at radius 1 is 1.31 bits per heavy atom. The van der Waals surface area contributed by atoms with Crippen molar-refractivity contribution in [1.29, 1.82) is 0 Å². The van der Waals surface area contributed by atoms with Crippen LogP contribution in [0.25, 0.3) is 0 Å². The summed E-state index contributed by atoms with van der Waals surface area (Å²) in [5.41, 5.74) is -0.935. The number of ether oxygens (including phenoxy) is 2. The van der Waals surface area contributed by atoms with Gasteiger partial charge in [-0.3, -0.25) is 4.79 Å². The molecule has 1 N–H and O–H groups in total. The van der Waals surface area contributed by atoms with E-state index in [1.165, 1.54) is 18.0 Å². The van der Waals surface area contributed by atoms with Crippen LogP contribution in [0, 0.1) is 11.6 Å². The van der Waals surface area contributed by atoms with Crippen LogP contribution in [0.3, 0.4) is 0 Å². The molecule has 1 unspecified atom stereocenters. The van der Waals surface area contributed by atoms with Gasteiger partial charge in [0.2, 0.25) is 0 Å². The van der Waals surface area contributed by atoms with Gasteiger partial charge < -0.3 is 14.8 Å². The minimum absolute atomic E-state index is 0.0151. The molecule has 1 aromatic heterocycles. The minimum Gasteiger partial charge on any atom is -0.464 e. The third kappa shape index (κ3) is 3.57. The summed E-state index contributed by atoms with van der Waals surface area (Å²) >= 11 is 0. The third-order valence-electron chi connectivity index (χ3n) is 4.00. The number of anilines is 1. The van der Waals surface area contributed by atoms with Crippen LogP contribution in [0.2, 0.25) is 0 Å². The molecule has 0 spiro atoms. The summed E-state index contributed by atoms with van der Waals surface area (Å²) in [4.78, 5) is 24.2. The van der Waals surface area contributed by atoms with Crippen molar-refractivity contribution < 1.29 is 27.8 Å². The van der Waals surface area contributed by atoms with Crippen molar-refractivity contribution in [2.24, 2.45) is 0 Å². The summed E-state index contributed by atoms with van der Waals surface area (Å²) in [5.74, 6) is -3.84. The molecule has 1 aromatic carbocycles. The van der Waals surface area contributed by atoms with Crippen molar-refractivity contribution in [3.63, 3.8) is 0 Å². The number of carbonyl (C=O) groups excluding carboxylic acids is 2. The second-order valence-corrected chi connectivity index (χ2v) is 5.73. The minimum atomic E-state index is -1.03. The highest BCUT2D eigenvalue weighted by Gasteiger charge is 2.26. The average Bonchev–Trinajstić information content (AvgIpc) is 3.05. The zero-order valence-corrected chi connectivity index (χ0v) is 14.0. The van der Waals surface area contributed by atoms with Gasteiger partial charge in [0.1, 0.15) is 23.4 Å². The standard InChI is InChI=1S/C17H17F2N3O4/c1-25-17(24)15-12(9-22(21-15)13-7-2-3-8-26-13)20-16(23)14-10(18)5-4-6-11(14)19/h4-6,9,13H,2-3,7-8H2,1H3,(H,20,23). The first-order chi connectivity index (χ1) is 12.5. The van der Waals surface area contributed by atoms with Crippen molar-refractivity contribution in [1.82, 2.24) is 9.78 Å². The van der Waals surface area contributed by atoms with Gasteiger partial charge in [-0.2, -0.15) is 5.10 Å². The fraction of sp³-hybridized carbons (Fsp3) is 0.353. The molecule has 1 saturated heterocycles. The molecule has 26 heavy (non-hydrogen) atoms. The number of nitrogens with one attached hydrogen (secondary N) is 1. The highest BCUT2D eigenvalue weighted by atomic mass is 19.1. The highest BCUT2D eigenvalue weighted by molar-refractivity contribution is 6.07. The van der Waals surface area contributed by atoms with E-state index in [1.807, 2.05) is 0 Å². The molecule has 1 aliphatic heterocycles. The van der Waals surface area contributed by atoms with Crippen LogP contribution < -0.4 is 5.32 Å². The number of benzene rings is 1. The van der Waals surface area contributed by atoms with E-state index >= 15 is 0 Å². The summed E-state index contributed by atoms with van der Waals surface area (Å²) in [6, 6.07) is 3.09. The molecule has 1 aliphatic rings. The van der Waals surface area contributed by atoms with Gasteiger partial charge in [-0.1, -0.05) is 6.07 Å². The van der Waals surface area contributed by atoms with Crippen LogP contribution in [0.15, 0.2) is 24.4 Å². The highest BCUT2D eigenvalue weighted by Crippen LogP contribution is 2.26. The van der Waals surface area contributed by atoms with Gasteiger partial charge in [-0.05, 0) is 31.4 Å². The van der Waals surface area contributed by atoms with Crippen LogP contribution in [-0.2, 0) is 9.47 Å². The Morgan fingerprint density at radius 2 is 2.04 bits per heavy atom. The summed E-state index contributed by atoms with van der Waals surface area (Å²) in [6.45, 7) is 0.556. The second-order valence-electron chi connectivity index (χ2n) is 5.73. The lowest BCUT2D eigenvalue weighted by Gasteiger charge is -2.22. The summed E-state index contributed by atoms with van der Waals surface area (Å²) in [5, 5.41) is 6.44. The largest absolute Gasteiger partial charge is 0.464 e. The van der Waals surface area contributed by atoms with Crippen molar-refractivity contribution in [3.8, 4) is 0 Å². The third-order valence-corrected chi connectivity index (χ3v) is 4.00. The zero-order valence-electron chi connectivity index (χ0n) is 14.0. The number of esters is 1. The van der Waals surface area contributed by atoms with Gasteiger partial charge in [-0.15, -0.1) is 0 Å². The van der Waals surface area contributed by atoms with E-state index in [0.29, 0.717) is 13.0 Å². The molecule has 0 bridgehead atoms. The Hall–Kier alpha value is -2.81. The number of hydrogen-bond donors (Lipinski definition) is 1. The Labute approximate surface area is 147 Å². The maximum Gasteiger partial charge on any atom is 0.360 e. The van der Waals surface area contributed by atoms with Crippen molar-refractivity contribution in [3.05, 3.63) is 47.3 Å². The molecule has 0 aliphatic carbocycles. The van der Waals surface area contributed by atoms with E-state index in [1.54, 1.807) is 0 Å². The number of aromatic nitrogens is 2. The molecular weight excluding hydrogens is 348 g/mol. The van der Waals surface area contributed by atoms with Gasteiger partial charge >= 0.3 is 5.97 Å². The molecular formula is C17H17F2N3O4. The molecule has 7 nitrogen and oxygen atoms in total. The molecule has 0 saturated carbocycles. The maximum atomic E-state index is 13.8. The van der Waals surface area contributed by atoms with E-state index in [4.69, 9.17) is 4.74 Å². The molecule has 1 fully saturated rings. The molecule has 2 aromatic rings. The predicted molar refractivity (Wildman–Crippen MR) is 86.7 cm³/mol. The predicted octanol–water partition coefficient (Wildman–Crippen LogP) is 2.90. The van der Waals surface area contributed by atoms with Gasteiger partial charge in [0, 0.05) is 6.61 Å². The van der Waals surface area contributed by atoms with Crippen LogP contribution in [0.1, 0.15) is 46.3 Å². The molecule has 1 atom stereocenters. The van der Waals surface area contributed by atoms with Gasteiger partial charge in [-0.25, -0.2) is 18.3 Å². The van der Waals surface area contributed by atoms with Crippen molar-refractivity contribution >= 4 is 17.6 Å². The number of carbonyl (C=O) groups is 2. The number of rotatable bonds is 4. The van der Waals surface area contributed by atoms with E-state index < -0.39 is 29.1 Å². The quantitative estimate of drug-likeness (QED) is 0.843. The Morgan fingerprint density at radius 3 is 2.65 bits per heavy atom. The maximum absolute atomic E-state index is 13.8. The Bertz CT molecular complexity index is 811. The fourth-order valence-corrected chi connectivity index (χ4v) is 2.71. The molecule has 138 valence electrons. The monoisotopic (exact) mass is 365 g/mol. The summed E-state index contributed by atoms with van der Waals surface area (Å²) in [6.07, 6.45) is 3.55. The molecule has 3 rings (SSSR count). The lowest BCUT2D eigenvalue weighted by Crippen LogP contribution is -2.19. The van der Waals surface area contributed by atoms with Crippen molar-refractivity contribution in [2.45, 2.75) is 25.5 Å². The molecule has 2 heterocycles. The topological polar surface area (TPSA) is 82.4 Å². The second kappa shape index (κ2) is 7.61. The zero-order chi connectivity index (χ0) is 18.7. The summed E-state index contributed by atoms with van der Waals surface area (Å²) < 4.78 is 39.2. The van der Waals surface area contributed by atoms with Crippen LogP contribution in [-0.4, -0.2) is 35.4 Å². The first-order valence-electron chi connectivity index (χ1n) is 8.05. The molecule has 9 heteroatoms. The van der Waals surface area contributed by atoms with Crippen LogP contribution in [0.4, 0.5) is 14.5 Å². The van der Waals surface area contributed by atoms with Gasteiger partial charge in [0.25, 0.3) is 5.91 Å².